The number of carboxylic acids is 2. The Morgan fingerprint density at radius 1 is 0.972 bits per heavy atom. The summed E-state index contributed by atoms with van der Waals surface area (Å²) in [6, 6.07) is 4.16. The Labute approximate surface area is 204 Å². The average molecular weight is 532 g/mol. The number of carbonyl (C=O) groups is 2. The predicted molar refractivity (Wildman–Crippen MR) is 116 cm³/mol. The van der Waals surface area contributed by atoms with Crippen molar-refractivity contribution in [1.29, 1.82) is 0 Å². The van der Waals surface area contributed by atoms with Gasteiger partial charge in [0, 0.05) is 38.9 Å². The zero-order chi connectivity index (χ0) is 27.6. The molecule has 1 spiro atoms. The first-order valence-corrected chi connectivity index (χ1v) is 11.0. The Morgan fingerprint density at radius 3 is 1.92 bits per heavy atom. The molecule has 1 aromatic rings. The number of piperidine rings is 1. The number of carboxylic acid groups (broad SMARTS) is 2. The van der Waals surface area contributed by atoms with Crippen molar-refractivity contribution < 1.29 is 50.9 Å². The number of rotatable bonds is 5. The summed E-state index contributed by atoms with van der Waals surface area (Å²) in [7, 11) is 1.79. The third kappa shape index (κ3) is 10.1. The van der Waals surface area contributed by atoms with Crippen molar-refractivity contribution in [2.24, 2.45) is 0 Å². The zero-order valence-electron chi connectivity index (χ0n) is 19.9. The maximum Gasteiger partial charge on any atom is 0.490 e. The van der Waals surface area contributed by atoms with E-state index in [-0.39, 0.29) is 0 Å². The Morgan fingerprint density at radius 2 is 1.50 bits per heavy atom. The molecule has 2 N–H and O–H groups in total. The van der Waals surface area contributed by atoms with Crippen LogP contribution in [0.3, 0.4) is 0 Å². The normalized spacial score (nSPS) is 17.6. The van der Waals surface area contributed by atoms with E-state index in [1.165, 1.54) is 38.8 Å². The van der Waals surface area contributed by atoms with Crippen molar-refractivity contribution in [3.05, 3.63) is 17.8 Å². The Bertz CT molecular complexity index is 804. The second-order valence-corrected chi connectivity index (χ2v) is 8.29. The topological polar surface area (TPSA) is 116 Å². The van der Waals surface area contributed by atoms with Crippen LogP contribution in [-0.4, -0.2) is 95.0 Å². The maximum atomic E-state index is 10.6. The fourth-order valence-corrected chi connectivity index (χ4v) is 4.02. The molecule has 2 fully saturated rings. The molecule has 0 saturated carbocycles. The number of anilines is 1. The largest absolute Gasteiger partial charge is 0.490 e. The molecular weight excluding hydrogens is 502 g/mol. The van der Waals surface area contributed by atoms with Crippen LogP contribution >= 0.6 is 0 Å². The first-order valence-electron chi connectivity index (χ1n) is 11.0. The van der Waals surface area contributed by atoms with E-state index in [0.717, 1.165) is 37.6 Å². The van der Waals surface area contributed by atoms with Gasteiger partial charge in [-0.3, -0.25) is 4.90 Å². The van der Waals surface area contributed by atoms with E-state index in [9.17, 15) is 26.3 Å². The van der Waals surface area contributed by atoms with E-state index >= 15 is 0 Å². The van der Waals surface area contributed by atoms with E-state index in [1.54, 1.807) is 7.11 Å². The molecule has 0 aliphatic carbocycles. The number of aryl methyl sites for hydroxylation is 1. The van der Waals surface area contributed by atoms with Crippen molar-refractivity contribution >= 4 is 17.8 Å². The maximum absolute atomic E-state index is 10.6. The molecule has 2 saturated heterocycles. The van der Waals surface area contributed by atoms with Crippen LogP contribution < -0.4 is 4.90 Å². The van der Waals surface area contributed by atoms with Crippen molar-refractivity contribution in [2.45, 2.75) is 56.9 Å². The number of halogens is 6. The molecule has 2 aliphatic heterocycles. The molecule has 1 aromatic heterocycles. The second-order valence-electron chi connectivity index (χ2n) is 8.29. The Kier molecular flexibility index (Phi) is 11.8. The SMILES string of the molecule is COCCCN1CCCC12CCN(c1ccc(C)nn1)CC2.O=C(O)C(F)(F)F.O=C(O)C(F)(F)F. The van der Waals surface area contributed by atoms with Crippen LogP contribution in [0.5, 0.6) is 0 Å². The van der Waals surface area contributed by atoms with Crippen LogP contribution in [0.25, 0.3) is 0 Å². The summed E-state index contributed by atoms with van der Waals surface area (Å²) in [5, 5.41) is 22.8. The minimum Gasteiger partial charge on any atom is -0.475 e. The number of ether oxygens (including phenoxy) is 1. The van der Waals surface area contributed by atoms with E-state index in [4.69, 9.17) is 24.5 Å². The number of aliphatic carboxylic acids is 2. The zero-order valence-corrected chi connectivity index (χ0v) is 19.9. The summed E-state index contributed by atoms with van der Waals surface area (Å²) >= 11 is 0. The molecule has 3 rings (SSSR count). The summed E-state index contributed by atoms with van der Waals surface area (Å²) in [5.41, 5.74) is 1.42. The van der Waals surface area contributed by atoms with Gasteiger partial charge in [-0.2, -0.15) is 31.4 Å². The standard InChI is InChI=1S/C17H28N4O.2C2HF3O2/c1-15-5-6-16(19-18-15)20-12-8-17(9-13-20)7-3-10-21(17)11-4-14-22-2;2*3-2(4,5)1(6)7/h5-6H,3-4,7-14H2,1-2H3;2*(H,6,7). The van der Waals surface area contributed by atoms with Gasteiger partial charge in [0.15, 0.2) is 5.82 Å². The molecule has 0 unspecified atom stereocenters. The molecule has 0 radical (unpaired) electrons. The first-order chi connectivity index (χ1) is 16.6. The minimum atomic E-state index is -5.08. The third-order valence-corrected chi connectivity index (χ3v) is 5.80. The number of aromatic nitrogens is 2. The van der Waals surface area contributed by atoms with Crippen LogP contribution in [0.2, 0.25) is 0 Å². The van der Waals surface area contributed by atoms with Gasteiger partial charge in [-0.1, -0.05) is 0 Å². The molecule has 0 aromatic carbocycles. The summed E-state index contributed by atoms with van der Waals surface area (Å²) in [5.74, 6) is -4.48. The number of nitrogens with zero attached hydrogens (tertiary/aromatic N) is 4. The third-order valence-electron chi connectivity index (χ3n) is 5.80. The number of hydrogen-bond acceptors (Lipinski definition) is 7. The van der Waals surface area contributed by atoms with Gasteiger partial charge >= 0.3 is 24.3 Å². The van der Waals surface area contributed by atoms with Crippen molar-refractivity contribution in [2.75, 3.05) is 44.8 Å². The van der Waals surface area contributed by atoms with Gasteiger partial charge in [0.05, 0.1) is 5.69 Å². The number of methoxy groups -OCH3 is 1. The molecule has 0 atom stereocenters. The highest BCUT2D eigenvalue weighted by Gasteiger charge is 2.43. The van der Waals surface area contributed by atoms with E-state index in [0.29, 0.717) is 5.54 Å². The summed E-state index contributed by atoms with van der Waals surface area (Å²) in [6.45, 7) is 7.49. The quantitative estimate of drug-likeness (QED) is 0.434. The van der Waals surface area contributed by atoms with Gasteiger partial charge < -0.3 is 19.8 Å². The van der Waals surface area contributed by atoms with Gasteiger partial charge in [0.2, 0.25) is 0 Å². The lowest BCUT2D eigenvalue weighted by molar-refractivity contribution is -0.193. The summed E-state index contributed by atoms with van der Waals surface area (Å²) in [4.78, 5) is 22.9. The van der Waals surface area contributed by atoms with Crippen molar-refractivity contribution in [1.82, 2.24) is 15.1 Å². The van der Waals surface area contributed by atoms with Crippen molar-refractivity contribution in [3.63, 3.8) is 0 Å². The summed E-state index contributed by atoms with van der Waals surface area (Å²) in [6.07, 6.45) is -3.83. The molecule has 9 nitrogen and oxygen atoms in total. The van der Waals surface area contributed by atoms with Gasteiger partial charge in [-0.25, -0.2) is 9.59 Å². The second kappa shape index (κ2) is 13.6. The van der Waals surface area contributed by atoms with Crippen LogP contribution in [0, 0.1) is 6.92 Å². The minimum absolute atomic E-state index is 0.433. The van der Waals surface area contributed by atoms with Gasteiger partial charge in [0.1, 0.15) is 0 Å². The first kappa shape index (κ1) is 31.4. The van der Waals surface area contributed by atoms with Crippen LogP contribution in [0.4, 0.5) is 32.2 Å². The molecule has 36 heavy (non-hydrogen) atoms. The Balaban J connectivity index is 0.000000383. The summed E-state index contributed by atoms with van der Waals surface area (Å²) < 4.78 is 68.7. The Hall–Kier alpha value is -2.68. The molecule has 0 amide bonds. The molecule has 15 heteroatoms. The molecular formula is C21H30F6N4O5. The molecule has 0 bridgehead atoms. The highest BCUT2D eigenvalue weighted by atomic mass is 19.4. The fourth-order valence-electron chi connectivity index (χ4n) is 4.02. The highest BCUT2D eigenvalue weighted by Crippen LogP contribution is 2.39. The van der Waals surface area contributed by atoms with Gasteiger partial charge in [-0.15, -0.1) is 5.10 Å². The lowest BCUT2D eigenvalue weighted by atomic mass is 9.85. The van der Waals surface area contributed by atoms with Crippen molar-refractivity contribution in [3.8, 4) is 0 Å². The van der Waals surface area contributed by atoms with E-state index in [1.807, 2.05) is 6.92 Å². The van der Waals surface area contributed by atoms with Crippen LogP contribution in [0.1, 0.15) is 37.8 Å². The molecule has 206 valence electrons. The molecule has 2 aliphatic rings. The van der Waals surface area contributed by atoms with Crippen LogP contribution in [-0.2, 0) is 14.3 Å². The molecule has 3 heterocycles. The number of likely N-dealkylation sites (tertiary alicyclic amines) is 1. The lowest BCUT2D eigenvalue weighted by Crippen LogP contribution is -2.52. The monoisotopic (exact) mass is 532 g/mol. The highest BCUT2D eigenvalue weighted by molar-refractivity contribution is 5.73. The number of alkyl halides is 6. The smallest absolute Gasteiger partial charge is 0.475 e. The van der Waals surface area contributed by atoms with E-state index in [2.05, 4.69) is 32.1 Å². The van der Waals surface area contributed by atoms with Gasteiger partial charge in [0.25, 0.3) is 0 Å². The van der Waals surface area contributed by atoms with Gasteiger partial charge in [-0.05, 0) is 57.7 Å². The predicted octanol–water partition coefficient (Wildman–Crippen LogP) is 3.52. The average Bonchev–Trinajstić information content (AvgIpc) is 3.16. The van der Waals surface area contributed by atoms with E-state index < -0.39 is 24.3 Å². The lowest BCUT2D eigenvalue weighted by Gasteiger charge is -2.45. The fraction of sp³-hybridized carbons (Fsp3) is 0.714. The van der Waals surface area contributed by atoms with Crippen LogP contribution in [0.15, 0.2) is 12.1 Å². The number of hydrogen-bond donors (Lipinski definition) is 2.